The SMILES string of the molecule is COCCOCCCCNCc1cccc(NC(=O)C(F)(F)F)c1. The predicted molar refractivity (Wildman–Crippen MR) is 84.8 cm³/mol. The summed E-state index contributed by atoms with van der Waals surface area (Å²) >= 11 is 0. The standard InChI is InChI=1S/C16H23F3N2O3/c1-23-9-10-24-8-3-2-7-20-12-13-5-4-6-14(11-13)21-15(22)16(17,18)19/h4-6,11,20H,2-3,7-10,12H2,1H3,(H,21,22). The maximum atomic E-state index is 12.2. The number of alkyl halides is 3. The number of halogens is 3. The second-order valence-corrected chi connectivity index (χ2v) is 5.14. The Morgan fingerprint density at radius 2 is 1.96 bits per heavy atom. The molecule has 0 saturated heterocycles. The number of hydrogen-bond acceptors (Lipinski definition) is 4. The largest absolute Gasteiger partial charge is 0.471 e. The van der Waals surface area contributed by atoms with Gasteiger partial charge in [-0.15, -0.1) is 0 Å². The lowest BCUT2D eigenvalue weighted by molar-refractivity contribution is -0.167. The van der Waals surface area contributed by atoms with Crippen molar-refractivity contribution in [3.8, 4) is 0 Å². The van der Waals surface area contributed by atoms with Gasteiger partial charge in [0.1, 0.15) is 0 Å². The fourth-order valence-corrected chi connectivity index (χ4v) is 1.89. The maximum absolute atomic E-state index is 12.2. The lowest BCUT2D eigenvalue weighted by Crippen LogP contribution is -2.29. The summed E-state index contributed by atoms with van der Waals surface area (Å²) in [5.74, 6) is -1.97. The van der Waals surface area contributed by atoms with E-state index < -0.39 is 12.1 Å². The van der Waals surface area contributed by atoms with Gasteiger partial charge in [0.05, 0.1) is 13.2 Å². The number of amides is 1. The van der Waals surface area contributed by atoms with Crippen molar-refractivity contribution in [2.75, 3.05) is 38.8 Å². The maximum Gasteiger partial charge on any atom is 0.471 e. The van der Waals surface area contributed by atoms with Crippen LogP contribution in [0.1, 0.15) is 18.4 Å². The molecular weight excluding hydrogens is 325 g/mol. The van der Waals surface area contributed by atoms with Crippen LogP contribution in [0.15, 0.2) is 24.3 Å². The van der Waals surface area contributed by atoms with Gasteiger partial charge in [-0.1, -0.05) is 12.1 Å². The molecule has 1 amide bonds. The first kappa shape index (κ1) is 20.4. The Balaban J connectivity index is 2.22. The molecule has 0 fully saturated rings. The Bertz CT molecular complexity index is 496. The first-order valence-corrected chi connectivity index (χ1v) is 7.68. The van der Waals surface area contributed by atoms with Crippen LogP contribution >= 0.6 is 0 Å². The molecule has 0 unspecified atom stereocenters. The Morgan fingerprint density at radius 1 is 1.17 bits per heavy atom. The summed E-state index contributed by atoms with van der Waals surface area (Å²) < 4.78 is 46.8. The molecule has 2 N–H and O–H groups in total. The molecule has 24 heavy (non-hydrogen) atoms. The van der Waals surface area contributed by atoms with Crippen LogP contribution in [-0.2, 0) is 20.8 Å². The average molecular weight is 348 g/mol. The van der Waals surface area contributed by atoms with Gasteiger partial charge in [-0.05, 0) is 37.1 Å². The minimum Gasteiger partial charge on any atom is -0.382 e. The number of nitrogens with one attached hydrogen (secondary N) is 2. The van der Waals surface area contributed by atoms with Crippen molar-refractivity contribution >= 4 is 11.6 Å². The molecule has 0 spiro atoms. The van der Waals surface area contributed by atoms with E-state index in [-0.39, 0.29) is 5.69 Å². The lowest BCUT2D eigenvalue weighted by Gasteiger charge is -2.10. The van der Waals surface area contributed by atoms with Crippen molar-refractivity contribution in [3.05, 3.63) is 29.8 Å². The first-order valence-electron chi connectivity index (χ1n) is 7.68. The van der Waals surface area contributed by atoms with Gasteiger partial charge in [-0.2, -0.15) is 13.2 Å². The van der Waals surface area contributed by atoms with Crippen LogP contribution in [-0.4, -0.2) is 45.6 Å². The van der Waals surface area contributed by atoms with Gasteiger partial charge in [0.25, 0.3) is 0 Å². The molecule has 1 rings (SSSR count). The summed E-state index contributed by atoms with van der Waals surface area (Å²) in [6.07, 6.45) is -3.05. The average Bonchev–Trinajstić information content (AvgIpc) is 2.53. The number of carbonyl (C=O) groups is 1. The van der Waals surface area contributed by atoms with Gasteiger partial charge in [0, 0.05) is 25.9 Å². The summed E-state index contributed by atoms with van der Waals surface area (Å²) in [5, 5.41) is 5.04. The van der Waals surface area contributed by atoms with Crippen LogP contribution in [0.5, 0.6) is 0 Å². The Morgan fingerprint density at radius 3 is 2.67 bits per heavy atom. The van der Waals surface area contributed by atoms with Crippen molar-refractivity contribution in [2.45, 2.75) is 25.6 Å². The van der Waals surface area contributed by atoms with Crippen molar-refractivity contribution in [2.24, 2.45) is 0 Å². The summed E-state index contributed by atoms with van der Waals surface area (Å²) in [7, 11) is 1.62. The quantitative estimate of drug-likeness (QED) is 0.604. The van der Waals surface area contributed by atoms with Gasteiger partial charge in [-0.25, -0.2) is 0 Å². The molecule has 0 atom stereocenters. The Hall–Kier alpha value is -1.64. The third-order valence-electron chi connectivity index (χ3n) is 3.10. The van der Waals surface area contributed by atoms with E-state index in [1.54, 1.807) is 19.2 Å². The van der Waals surface area contributed by atoms with E-state index in [4.69, 9.17) is 9.47 Å². The zero-order valence-electron chi connectivity index (χ0n) is 13.6. The molecule has 0 aromatic heterocycles. The van der Waals surface area contributed by atoms with Crippen LogP contribution in [0.3, 0.4) is 0 Å². The molecule has 0 aliphatic heterocycles. The second-order valence-electron chi connectivity index (χ2n) is 5.14. The molecule has 5 nitrogen and oxygen atoms in total. The van der Waals surface area contributed by atoms with E-state index in [1.165, 1.54) is 12.1 Å². The second kappa shape index (κ2) is 11.0. The number of ether oxygens (including phenoxy) is 2. The van der Waals surface area contributed by atoms with Crippen LogP contribution in [0.25, 0.3) is 0 Å². The predicted octanol–water partition coefficient (Wildman–Crippen LogP) is 2.72. The zero-order valence-corrected chi connectivity index (χ0v) is 13.6. The van der Waals surface area contributed by atoms with Gasteiger partial charge in [0.15, 0.2) is 0 Å². The molecule has 1 aromatic carbocycles. The van der Waals surface area contributed by atoms with Gasteiger partial charge >= 0.3 is 12.1 Å². The minimum absolute atomic E-state index is 0.128. The topological polar surface area (TPSA) is 59.6 Å². The van der Waals surface area contributed by atoms with E-state index in [0.717, 1.165) is 24.9 Å². The number of hydrogen-bond donors (Lipinski definition) is 2. The highest BCUT2D eigenvalue weighted by molar-refractivity contribution is 5.94. The molecule has 1 aromatic rings. The monoisotopic (exact) mass is 348 g/mol. The minimum atomic E-state index is -4.89. The van der Waals surface area contributed by atoms with Gasteiger partial charge < -0.3 is 20.1 Å². The molecule has 0 aliphatic rings. The zero-order chi connectivity index (χ0) is 17.8. The van der Waals surface area contributed by atoms with E-state index in [0.29, 0.717) is 26.4 Å². The number of carbonyl (C=O) groups excluding carboxylic acids is 1. The van der Waals surface area contributed by atoms with E-state index in [2.05, 4.69) is 5.32 Å². The van der Waals surface area contributed by atoms with Gasteiger partial charge in [0.2, 0.25) is 0 Å². The van der Waals surface area contributed by atoms with E-state index >= 15 is 0 Å². The van der Waals surface area contributed by atoms with Crippen LogP contribution < -0.4 is 10.6 Å². The van der Waals surface area contributed by atoms with E-state index in [1.807, 2.05) is 5.32 Å². The highest BCUT2D eigenvalue weighted by Crippen LogP contribution is 2.18. The van der Waals surface area contributed by atoms with Crippen molar-refractivity contribution in [3.63, 3.8) is 0 Å². The fourth-order valence-electron chi connectivity index (χ4n) is 1.89. The summed E-state index contributed by atoms with van der Waals surface area (Å²) in [4.78, 5) is 10.9. The Labute approximate surface area is 139 Å². The van der Waals surface area contributed by atoms with Crippen LogP contribution in [0.2, 0.25) is 0 Å². The summed E-state index contributed by atoms with van der Waals surface area (Å²) in [6, 6.07) is 6.33. The van der Waals surface area contributed by atoms with Crippen LogP contribution in [0.4, 0.5) is 18.9 Å². The smallest absolute Gasteiger partial charge is 0.382 e. The summed E-state index contributed by atoms with van der Waals surface area (Å²) in [6.45, 7) is 3.12. The highest BCUT2D eigenvalue weighted by atomic mass is 19.4. The molecule has 0 aliphatic carbocycles. The number of unbranched alkanes of at least 4 members (excludes halogenated alkanes) is 1. The third-order valence-corrected chi connectivity index (χ3v) is 3.10. The van der Waals surface area contributed by atoms with Crippen molar-refractivity contribution in [1.29, 1.82) is 0 Å². The molecule has 0 saturated carbocycles. The summed E-state index contributed by atoms with van der Waals surface area (Å²) in [5.41, 5.74) is 0.925. The molecule has 0 radical (unpaired) electrons. The van der Waals surface area contributed by atoms with E-state index in [9.17, 15) is 18.0 Å². The first-order chi connectivity index (χ1) is 11.4. The Kier molecular flexibility index (Phi) is 9.36. The molecule has 0 heterocycles. The van der Waals surface area contributed by atoms with Crippen molar-refractivity contribution < 1.29 is 27.4 Å². The fraction of sp³-hybridized carbons (Fsp3) is 0.562. The number of rotatable bonds is 11. The van der Waals surface area contributed by atoms with Crippen molar-refractivity contribution in [1.82, 2.24) is 5.32 Å². The number of methoxy groups -OCH3 is 1. The normalized spacial score (nSPS) is 11.5. The molecular formula is C16H23F3N2O3. The highest BCUT2D eigenvalue weighted by Gasteiger charge is 2.38. The van der Waals surface area contributed by atoms with Gasteiger partial charge in [-0.3, -0.25) is 4.79 Å². The third kappa shape index (κ3) is 8.85. The molecule has 0 bridgehead atoms. The van der Waals surface area contributed by atoms with Crippen LogP contribution in [0, 0.1) is 0 Å². The number of anilines is 1. The molecule has 136 valence electrons. The lowest BCUT2D eigenvalue weighted by atomic mass is 10.2. The number of benzene rings is 1. The molecule has 8 heteroatoms.